The highest BCUT2D eigenvalue weighted by Crippen LogP contribution is 2.48. The normalized spacial score (nSPS) is 13.7. The molecule has 2 heterocycles. The molecule has 0 saturated heterocycles. The summed E-state index contributed by atoms with van der Waals surface area (Å²) in [6.07, 6.45) is 5.40. The predicted octanol–water partition coefficient (Wildman–Crippen LogP) is 4.35. The van der Waals surface area contributed by atoms with Gasteiger partial charge in [0.15, 0.2) is 11.6 Å². The van der Waals surface area contributed by atoms with Crippen molar-refractivity contribution in [1.29, 1.82) is 0 Å². The minimum Gasteiger partial charge on any atom is -0.454 e. The van der Waals surface area contributed by atoms with Crippen LogP contribution in [0.25, 0.3) is 11.3 Å². The number of hydrogen-bond donors (Lipinski definition) is 1. The Bertz CT molecular complexity index is 1480. The van der Waals surface area contributed by atoms with E-state index >= 15 is 8.78 Å². The maximum Gasteiger partial charge on any atom is 0.243 e. The third-order valence-corrected chi connectivity index (χ3v) is 6.34. The van der Waals surface area contributed by atoms with E-state index in [-0.39, 0.29) is 36.6 Å². The monoisotopic (exact) mass is 503 g/mol. The van der Waals surface area contributed by atoms with Crippen LogP contribution in [0.2, 0.25) is 0 Å². The minimum absolute atomic E-state index is 0.0654. The Hall–Kier alpha value is -4.60. The van der Waals surface area contributed by atoms with Gasteiger partial charge in [0.2, 0.25) is 17.6 Å². The second-order valence-electron chi connectivity index (χ2n) is 8.92. The van der Waals surface area contributed by atoms with E-state index in [0.29, 0.717) is 11.3 Å². The number of carbonyl (C=O) groups excluding carboxylic acids is 2. The van der Waals surface area contributed by atoms with E-state index in [2.05, 4.69) is 10.1 Å². The molecule has 0 radical (unpaired) electrons. The van der Waals surface area contributed by atoms with Gasteiger partial charge in [-0.3, -0.25) is 19.3 Å². The molecular formula is C27H23F2N5O3. The minimum atomic E-state index is -1.41. The molecule has 2 amide bonds. The fourth-order valence-electron chi connectivity index (χ4n) is 4.10. The average molecular weight is 504 g/mol. The lowest BCUT2D eigenvalue weighted by atomic mass is 10.0. The Morgan fingerprint density at radius 2 is 1.86 bits per heavy atom. The molecule has 0 aliphatic heterocycles. The summed E-state index contributed by atoms with van der Waals surface area (Å²) in [4.78, 5) is 30.7. The summed E-state index contributed by atoms with van der Waals surface area (Å²) in [5.41, 5.74) is 5.73. The predicted molar refractivity (Wildman–Crippen MR) is 131 cm³/mol. The first-order chi connectivity index (χ1) is 17.8. The number of primary amides is 1. The average Bonchev–Trinajstić information content (AvgIpc) is 3.61. The van der Waals surface area contributed by atoms with E-state index in [4.69, 9.17) is 10.5 Å². The zero-order valence-electron chi connectivity index (χ0n) is 19.9. The van der Waals surface area contributed by atoms with Crippen molar-refractivity contribution in [2.45, 2.75) is 19.4 Å². The molecule has 0 unspecified atom stereocenters. The van der Waals surface area contributed by atoms with Crippen molar-refractivity contribution in [3.05, 3.63) is 90.4 Å². The number of pyridine rings is 1. The molecule has 0 bridgehead atoms. The number of benzene rings is 2. The number of amides is 2. The number of halogens is 2. The lowest BCUT2D eigenvalue weighted by Gasteiger charge is -2.27. The first-order valence-corrected chi connectivity index (χ1v) is 11.6. The summed E-state index contributed by atoms with van der Waals surface area (Å²) >= 11 is 0. The molecule has 0 spiro atoms. The third-order valence-electron chi connectivity index (χ3n) is 6.34. The number of nitrogens with two attached hydrogens (primary N) is 1. The molecule has 1 aliphatic rings. The first-order valence-electron chi connectivity index (χ1n) is 11.6. The molecule has 8 nitrogen and oxygen atoms in total. The van der Waals surface area contributed by atoms with Gasteiger partial charge in [0.25, 0.3) is 0 Å². The lowest BCUT2D eigenvalue weighted by molar-refractivity contribution is -0.133. The van der Waals surface area contributed by atoms with Crippen LogP contribution in [0.3, 0.4) is 0 Å². The third kappa shape index (κ3) is 4.65. The van der Waals surface area contributed by atoms with Crippen molar-refractivity contribution in [3.8, 4) is 22.8 Å². The lowest BCUT2D eigenvalue weighted by Crippen LogP contribution is -2.43. The highest BCUT2D eigenvalue weighted by atomic mass is 19.2. The van der Waals surface area contributed by atoms with Crippen molar-refractivity contribution < 1.29 is 23.1 Å². The van der Waals surface area contributed by atoms with Gasteiger partial charge in [-0.2, -0.15) is 9.49 Å². The van der Waals surface area contributed by atoms with Gasteiger partial charge in [-0.05, 0) is 36.6 Å². The second kappa shape index (κ2) is 9.45. The van der Waals surface area contributed by atoms with Gasteiger partial charge < -0.3 is 15.4 Å². The molecule has 2 N–H and O–H groups in total. The Balaban J connectivity index is 1.47. The SMILES string of the molecule is Cn1cc(-c2cc(Oc3ccc(N(Cc4ccccc4)C(=O)C4(C(N)=O)CC4)c(F)c3F)ccn2)cn1. The molecule has 37 heavy (non-hydrogen) atoms. The molecule has 0 atom stereocenters. The molecule has 188 valence electrons. The molecule has 10 heteroatoms. The van der Waals surface area contributed by atoms with E-state index < -0.39 is 28.9 Å². The largest absolute Gasteiger partial charge is 0.454 e. The summed E-state index contributed by atoms with van der Waals surface area (Å²) in [7, 11) is 1.77. The molecule has 1 fully saturated rings. The van der Waals surface area contributed by atoms with Crippen LogP contribution >= 0.6 is 0 Å². The highest BCUT2D eigenvalue weighted by Gasteiger charge is 2.57. The zero-order valence-corrected chi connectivity index (χ0v) is 19.9. The fraction of sp³-hybridized carbons (Fsp3) is 0.185. The maximum absolute atomic E-state index is 15.4. The van der Waals surface area contributed by atoms with Gasteiger partial charge in [0.05, 0.1) is 24.1 Å². The number of hydrogen-bond acceptors (Lipinski definition) is 5. The number of aryl methyl sites for hydroxylation is 1. The highest BCUT2D eigenvalue weighted by molar-refractivity contribution is 6.13. The van der Waals surface area contributed by atoms with Crippen LogP contribution in [0.15, 0.2) is 73.2 Å². The van der Waals surface area contributed by atoms with Crippen LogP contribution < -0.4 is 15.4 Å². The molecular weight excluding hydrogens is 480 g/mol. The molecule has 2 aromatic heterocycles. The van der Waals surface area contributed by atoms with Crippen molar-refractivity contribution >= 4 is 17.5 Å². The van der Waals surface area contributed by atoms with Crippen LogP contribution in [-0.2, 0) is 23.2 Å². The van der Waals surface area contributed by atoms with Gasteiger partial charge in [0.1, 0.15) is 11.2 Å². The van der Waals surface area contributed by atoms with Crippen molar-refractivity contribution in [2.24, 2.45) is 18.2 Å². The topological polar surface area (TPSA) is 103 Å². The van der Waals surface area contributed by atoms with Crippen molar-refractivity contribution in [1.82, 2.24) is 14.8 Å². The van der Waals surface area contributed by atoms with Gasteiger partial charge >= 0.3 is 0 Å². The van der Waals surface area contributed by atoms with Crippen LogP contribution in [0.1, 0.15) is 18.4 Å². The summed E-state index contributed by atoms with van der Waals surface area (Å²) in [5, 5.41) is 4.10. The number of ether oxygens (including phenoxy) is 1. The number of rotatable bonds is 8. The fourth-order valence-corrected chi connectivity index (χ4v) is 4.10. The van der Waals surface area contributed by atoms with Crippen LogP contribution in [0, 0.1) is 17.0 Å². The van der Waals surface area contributed by atoms with Gasteiger partial charge in [-0.15, -0.1) is 0 Å². The number of nitrogens with zero attached hydrogens (tertiary/aromatic N) is 4. The van der Waals surface area contributed by atoms with E-state index in [0.717, 1.165) is 10.5 Å². The molecule has 1 aliphatic carbocycles. The van der Waals surface area contributed by atoms with Crippen LogP contribution in [-0.4, -0.2) is 26.6 Å². The molecule has 5 rings (SSSR count). The zero-order chi connectivity index (χ0) is 26.2. The van der Waals surface area contributed by atoms with Gasteiger partial charge in [-0.1, -0.05) is 30.3 Å². The van der Waals surface area contributed by atoms with E-state index in [1.165, 1.54) is 24.4 Å². The van der Waals surface area contributed by atoms with Gasteiger partial charge in [-0.25, -0.2) is 4.39 Å². The Morgan fingerprint density at radius 1 is 1.11 bits per heavy atom. The van der Waals surface area contributed by atoms with Gasteiger partial charge in [0, 0.05) is 31.1 Å². The van der Waals surface area contributed by atoms with Crippen LogP contribution in [0.4, 0.5) is 14.5 Å². The van der Waals surface area contributed by atoms with Crippen molar-refractivity contribution in [2.75, 3.05) is 4.90 Å². The number of carbonyl (C=O) groups is 2. The molecule has 1 saturated carbocycles. The number of aromatic nitrogens is 3. The summed E-state index contributed by atoms with van der Waals surface area (Å²) < 4.78 is 37.9. The van der Waals surface area contributed by atoms with Crippen molar-refractivity contribution in [3.63, 3.8) is 0 Å². The van der Waals surface area contributed by atoms with E-state index in [9.17, 15) is 9.59 Å². The van der Waals surface area contributed by atoms with E-state index in [1.807, 2.05) is 0 Å². The molecule has 4 aromatic rings. The smallest absolute Gasteiger partial charge is 0.243 e. The van der Waals surface area contributed by atoms with Crippen LogP contribution in [0.5, 0.6) is 11.5 Å². The Kier molecular flexibility index (Phi) is 6.16. The first kappa shape index (κ1) is 24.1. The molecule has 2 aromatic carbocycles. The maximum atomic E-state index is 15.4. The Morgan fingerprint density at radius 3 is 2.51 bits per heavy atom. The summed E-state index contributed by atoms with van der Waals surface area (Å²) in [6.45, 7) is -0.0654. The second-order valence-corrected chi connectivity index (χ2v) is 8.92. The Labute approximate surface area is 211 Å². The number of anilines is 1. The quantitative estimate of drug-likeness (QED) is 0.360. The summed E-state index contributed by atoms with van der Waals surface area (Å²) in [5.74, 6) is -4.12. The van der Waals surface area contributed by atoms with E-state index in [1.54, 1.807) is 60.5 Å². The standard InChI is InChI=1S/C27H23F2N5O3/c1-33-16-18(14-32-33)20-13-19(9-12-31-20)37-22-8-7-21(23(28)24(22)29)34(15-17-5-3-2-4-6-17)26(36)27(10-11-27)25(30)35/h2-9,12-14,16H,10-11,15H2,1H3,(H2,30,35). The summed E-state index contributed by atoms with van der Waals surface area (Å²) in [6, 6.07) is 14.4.